The van der Waals surface area contributed by atoms with E-state index in [0.717, 1.165) is 16.7 Å². The van der Waals surface area contributed by atoms with Crippen LogP contribution in [0.4, 0.5) is 0 Å². The third-order valence-corrected chi connectivity index (χ3v) is 3.84. The highest BCUT2D eigenvalue weighted by Gasteiger charge is 2.05. The molecule has 0 fully saturated rings. The van der Waals surface area contributed by atoms with E-state index >= 15 is 0 Å². The van der Waals surface area contributed by atoms with Crippen LogP contribution < -0.4 is 5.73 Å². The van der Waals surface area contributed by atoms with Crippen molar-refractivity contribution in [3.8, 4) is 11.1 Å². The number of nitrogens with zero attached hydrogens (tertiary/aromatic N) is 1. The third-order valence-electron chi connectivity index (χ3n) is 2.58. The Morgan fingerprint density at radius 2 is 1.89 bits per heavy atom. The second-order valence-electron chi connectivity index (χ2n) is 4.13. The lowest BCUT2D eigenvalue weighted by Gasteiger charge is -2.04. The van der Waals surface area contributed by atoms with Gasteiger partial charge in [-0.05, 0) is 22.8 Å². The lowest BCUT2D eigenvalue weighted by atomic mass is 10.1. The Morgan fingerprint density at radius 3 is 2.47 bits per heavy atom. The molecular formula is C14H14N2O2S. The minimum atomic E-state index is -1.24. The standard InChI is InChI=1S/C14H14N2O2S/c15-14(17)10-19(18)9-11-3-5-12(6-4-11)13-2-1-7-16-8-13/h1-8H,9-10H2,(H2,15,17)/t19-/m1/s1. The molecule has 1 aromatic heterocycles. The SMILES string of the molecule is NC(=O)C[S@](=O)Cc1ccc(-c2cccnc2)cc1. The number of carbonyl (C=O) groups is 1. The van der Waals surface area contributed by atoms with Crippen LogP contribution in [-0.4, -0.2) is 20.9 Å². The molecular weight excluding hydrogens is 260 g/mol. The van der Waals surface area contributed by atoms with Gasteiger partial charge in [-0.2, -0.15) is 0 Å². The predicted octanol–water partition coefficient (Wildman–Crippen LogP) is 1.48. The lowest BCUT2D eigenvalue weighted by molar-refractivity contribution is -0.115. The first-order valence-electron chi connectivity index (χ1n) is 5.78. The van der Waals surface area contributed by atoms with Gasteiger partial charge in [0.2, 0.25) is 5.91 Å². The highest BCUT2D eigenvalue weighted by molar-refractivity contribution is 7.84. The molecule has 1 aromatic carbocycles. The normalized spacial score (nSPS) is 12.0. The molecule has 0 bridgehead atoms. The predicted molar refractivity (Wildman–Crippen MR) is 75.6 cm³/mol. The van der Waals surface area contributed by atoms with Crippen molar-refractivity contribution in [2.24, 2.45) is 5.73 Å². The zero-order valence-corrected chi connectivity index (χ0v) is 11.1. The van der Waals surface area contributed by atoms with Crippen LogP contribution in [0.3, 0.4) is 0 Å². The summed E-state index contributed by atoms with van der Waals surface area (Å²) in [7, 11) is -1.24. The molecule has 2 rings (SSSR count). The molecule has 0 aliphatic carbocycles. The first kappa shape index (κ1) is 13.4. The Labute approximate surface area is 114 Å². The fourth-order valence-electron chi connectivity index (χ4n) is 1.72. The van der Waals surface area contributed by atoms with Crippen molar-refractivity contribution in [1.82, 2.24) is 4.98 Å². The number of rotatable bonds is 5. The second kappa shape index (κ2) is 6.24. The van der Waals surface area contributed by atoms with Crippen molar-refractivity contribution in [3.63, 3.8) is 0 Å². The van der Waals surface area contributed by atoms with Gasteiger partial charge in [0.15, 0.2) is 0 Å². The van der Waals surface area contributed by atoms with Gasteiger partial charge in [-0.1, -0.05) is 30.3 Å². The van der Waals surface area contributed by atoms with Crippen LogP contribution in [0.25, 0.3) is 11.1 Å². The fourth-order valence-corrected chi connectivity index (χ4v) is 2.71. The molecule has 0 saturated carbocycles. The molecule has 1 heterocycles. The van der Waals surface area contributed by atoms with E-state index in [0.29, 0.717) is 5.75 Å². The van der Waals surface area contributed by atoms with Crippen molar-refractivity contribution >= 4 is 16.7 Å². The monoisotopic (exact) mass is 274 g/mol. The van der Waals surface area contributed by atoms with Crippen LogP contribution in [-0.2, 0) is 21.3 Å². The molecule has 1 atom stereocenters. The van der Waals surface area contributed by atoms with E-state index in [1.54, 1.807) is 12.4 Å². The maximum Gasteiger partial charge on any atom is 0.230 e. The Balaban J connectivity index is 2.07. The van der Waals surface area contributed by atoms with Crippen molar-refractivity contribution in [2.45, 2.75) is 5.75 Å². The number of pyridine rings is 1. The zero-order chi connectivity index (χ0) is 13.7. The molecule has 2 N–H and O–H groups in total. The zero-order valence-electron chi connectivity index (χ0n) is 10.3. The van der Waals surface area contributed by atoms with Gasteiger partial charge in [-0.15, -0.1) is 0 Å². The molecule has 0 spiro atoms. The van der Waals surface area contributed by atoms with E-state index in [2.05, 4.69) is 4.98 Å². The Kier molecular flexibility index (Phi) is 4.41. The van der Waals surface area contributed by atoms with Gasteiger partial charge in [-0.3, -0.25) is 14.0 Å². The van der Waals surface area contributed by atoms with Crippen molar-refractivity contribution in [1.29, 1.82) is 0 Å². The number of amides is 1. The van der Waals surface area contributed by atoms with Gasteiger partial charge in [0, 0.05) is 28.9 Å². The van der Waals surface area contributed by atoms with Crippen LogP contribution in [0, 0.1) is 0 Å². The smallest absolute Gasteiger partial charge is 0.230 e. The Hall–Kier alpha value is -2.01. The van der Waals surface area contributed by atoms with Crippen LogP contribution in [0.15, 0.2) is 48.8 Å². The summed E-state index contributed by atoms with van der Waals surface area (Å²) in [5, 5.41) is 0. The van der Waals surface area contributed by atoms with Gasteiger partial charge >= 0.3 is 0 Å². The van der Waals surface area contributed by atoms with Crippen molar-refractivity contribution in [2.75, 3.05) is 5.75 Å². The maximum absolute atomic E-state index is 11.6. The van der Waals surface area contributed by atoms with E-state index in [-0.39, 0.29) is 5.75 Å². The van der Waals surface area contributed by atoms with E-state index in [4.69, 9.17) is 5.73 Å². The summed E-state index contributed by atoms with van der Waals surface area (Å²) in [6.07, 6.45) is 3.52. The third kappa shape index (κ3) is 3.99. The Bertz CT molecular complexity index is 582. The van der Waals surface area contributed by atoms with Crippen LogP contribution in [0.5, 0.6) is 0 Å². The number of carbonyl (C=O) groups excluding carboxylic acids is 1. The summed E-state index contributed by atoms with van der Waals surface area (Å²) in [4.78, 5) is 14.7. The summed E-state index contributed by atoms with van der Waals surface area (Å²) in [6, 6.07) is 11.6. The first-order chi connectivity index (χ1) is 9.15. The van der Waals surface area contributed by atoms with Gasteiger partial charge in [0.05, 0.1) is 0 Å². The molecule has 0 aliphatic rings. The van der Waals surface area contributed by atoms with Gasteiger partial charge in [-0.25, -0.2) is 0 Å². The van der Waals surface area contributed by atoms with E-state index < -0.39 is 16.7 Å². The van der Waals surface area contributed by atoms with Gasteiger partial charge in [0.1, 0.15) is 5.75 Å². The summed E-state index contributed by atoms with van der Waals surface area (Å²) in [6.45, 7) is 0. The summed E-state index contributed by atoms with van der Waals surface area (Å²) >= 11 is 0. The average molecular weight is 274 g/mol. The number of nitrogens with two attached hydrogens (primary N) is 1. The van der Waals surface area contributed by atoms with Gasteiger partial charge < -0.3 is 5.73 Å². The van der Waals surface area contributed by atoms with Crippen molar-refractivity contribution < 1.29 is 9.00 Å². The van der Waals surface area contributed by atoms with Crippen LogP contribution in [0.2, 0.25) is 0 Å². The van der Waals surface area contributed by atoms with Crippen molar-refractivity contribution in [3.05, 3.63) is 54.4 Å². The fraction of sp³-hybridized carbons (Fsp3) is 0.143. The van der Waals surface area contributed by atoms with Gasteiger partial charge in [0.25, 0.3) is 0 Å². The molecule has 5 heteroatoms. The van der Waals surface area contributed by atoms with Crippen LogP contribution in [0.1, 0.15) is 5.56 Å². The number of benzene rings is 1. The van der Waals surface area contributed by atoms with Crippen LogP contribution >= 0.6 is 0 Å². The number of primary amides is 1. The maximum atomic E-state index is 11.6. The molecule has 0 aliphatic heterocycles. The second-order valence-corrected chi connectivity index (χ2v) is 5.59. The summed E-state index contributed by atoms with van der Waals surface area (Å²) in [5.41, 5.74) is 8.02. The number of aromatic nitrogens is 1. The molecule has 0 saturated heterocycles. The number of hydrogen-bond acceptors (Lipinski definition) is 3. The average Bonchev–Trinajstić information content (AvgIpc) is 2.39. The topological polar surface area (TPSA) is 73.1 Å². The highest BCUT2D eigenvalue weighted by Crippen LogP contribution is 2.18. The van der Waals surface area contributed by atoms with E-state index in [1.165, 1.54) is 0 Å². The summed E-state index contributed by atoms with van der Waals surface area (Å²) in [5.74, 6) is -0.286. The molecule has 2 aromatic rings. The molecule has 1 amide bonds. The minimum absolute atomic E-state index is 0.0929. The molecule has 4 nitrogen and oxygen atoms in total. The molecule has 19 heavy (non-hydrogen) atoms. The highest BCUT2D eigenvalue weighted by atomic mass is 32.2. The number of hydrogen-bond donors (Lipinski definition) is 1. The summed E-state index contributed by atoms with van der Waals surface area (Å²) < 4.78 is 11.6. The lowest BCUT2D eigenvalue weighted by Crippen LogP contribution is -2.20. The van der Waals surface area contributed by atoms with E-state index in [9.17, 15) is 9.00 Å². The molecule has 98 valence electrons. The first-order valence-corrected chi connectivity index (χ1v) is 7.26. The largest absolute Gasteiger partial charge is 0.369 e. The quantitative estimate of drug-likeness (QED) is 0.897. The molecule has 0 radical (unpaired) electrons. The minimum Gasteiger partial charge on any atom is -0.369 e. The van der Waals surface area contributed by atoms with E-state index in [1.807, 2.05) is 36.4 Å². The Morgan fingerprint density at radius 1 is 1.16 bits per heavy atom. The molecule has 0 unspecified atom stereocenters.